The maximum absolute atomic E-state index is 11.1. The van der Waals surface area contributed by atoms with Crippen molar-refractivity contribution >= 4 is 6.29 Å². The van der Waals surface area contributed by atoms with Gasteiger partial charge in [-0.15, -0.1) is 0 Å². The van der Waals surface area contributed by atoms with E-state index in [9.17, 15) is 9.90 Å². The van der Waals surface area contributed by atoms with Crippen LogP contribution in [0, 0.1) is 0 Å². The van der Waals surface area contributed by atoms with E-state index in [-0.39, 0.29) is 11.3 Å². The van der Waals surface area contributed by atoms with Gasteiger partial charge in [0.05, 0.1) is 12.7 Å². The summed E-state index contributed by atoms with van der Waals surface area (Å²) in [5.74, 6) is 0.177. The average Bonchev–Trinajstić information content (AvgIpc) is 2.39. The van der Waals surface area contributed by atoms with Crippen LogP contribution in [-0.4, -0.2) is 18.5 Å². The molecule has 0 radical (unpaired) electrons. The van der Waals surface area contributed by atoms with E-state index in [0.717, 1.165) is 5.56 Å². The van der Waals surface area contributed by atoms with Gasteiger partial charge in [-0.2, -0.15) is 0 Å². The van der Waals surface area contributed by atoms with Gasteiger partial charge < -0.3 is 9.84 Å². The van der Waals surface area contributed by atoms with Crippen molar-refractivity contribution in [2.45, 2.75) is 0 Å². The first kappa shape index (κ1) is 11.2. The highest BCUT2D eigenvalue weighted by Gasteiger charge is 2.13. The molecular formula is C14H12O3. The fraction of sp³-hybridized carbons (Fsp3) is 0.0714. The Morgan fingerprint density at radius 2 is 1.82 bits per heavy atom. The highest BCUT2D eigenvalue weighted by atomic mass is 16.5. The van der Waals surface area contributed by atoms with E-state index >= 15 is 0 Å². The van der Waals surface area contributed by atoms with E-state index < -0.39 is 0 Å². The van der Waals surface area contributed by atoms with Crippen molar-refractivity contribution in [2.75, 3.05) is 7.11 Å². The second-order valence-corrected chi connectivity index (χ2v) is 3.56. The van der Waals surface area contributed by atoms with Gasteiger partial charge in [-0.3, -0.25) is 4.79 Å². The zero-order valence-electron chi connectivity index (χ0n) is 9.38. The molecule has 0 amide bonds. The van der Waals surface area contributed by atoms with E-state index in [1.165, 1.54) is 7.11 Å². The number of carbonyl (C=O) groups excluding carboxylic acids is 1. The van der Waals surface area contributed by atoms with Gasteiger partial charge in [0, 0.05) is 0 Å². The van der Waals surface area contributed by atoms with E-state index in [0.29, 0.717) is 17.6 Å². The molecule has 2 aromatic rings. The van der Waals surface area contributed by atoms with Crippen LogP contribution in [-0.2, 0) is 0 Å². The third-order valence-electron chi connectivity index (χ3n) is 2.60. The monoisotopic (exact) mass is 228 g/mol. The fourth-order valence-corrected chi connectivity index (χ4v) is 1.74. The van der Waals surface area contributed by atoms with Crippen molar-refractivity contribution in [3.63, 3.8) is 0 Å². The van der Waals surface area contributed by atoms with Gasteiger partial charge in [0.2, 0.25) is 0 Å². The Kier molecular flexibility index (Phi) is 3.10. The molecule has 1 N–H and O–H groups in total. The van der Waals surface area contributed by atoms with Crippen molar-refractivity contribution < 1.29 is 14.6 Å². The third kappa shape index (κ3) is 1.99. The molecule has 86 valence electrons. The molecule has 3 heteroatoms. The second-order valence-electron chi connectivity index (χ2n) is 3.56. The van der Waals surface area contributed by atoms with Gasteiger partial charge in [-0.05, 0) is 23.3 Å². The molecule has 17 heavy (non-hydrogen) atoms. The smallest absolute Gasteiger partial charge is 0.169 e. The normalized spacial score (nSPS) is 9.94. The standard InChI is InChI=1S/C14H12O3/c1-17-13-8-7-11(12(9-15)14(13)16)10-5-3-2-4-6-10/h2-9,16H,1H3. The summed E-state index contributed by atoms with van der Waals surface area (Å²) < 4.78 is 4.97. The third-order valence-corrected chi connectivity index (χ3v) is 2.60. The zero-order valence-corrected chi connectivity index (χ0v) is 9.38. The Morgan fingerprint density at radius 3 is 2.41 bits per heavy atom. The molecule has 0 saturated carbocycles. The maximum atomic E-state index is 11.1. The summed E-state index contributed by atoms with van der Waals surface area (Å²) in [6.45, 7) is 0. The Morgan fingerprint density at radius 1 is 1.12 bits per heavy atom. The Labute approximate surface area is 99.3 Å². The summed E-state index contributed by atoms with van der Waals surface area (Å²) in [5.41, 5.74) is 1.82. The predicted octanol–water partition coefficient (Wildman–Crippen LogP) is 2.88. The van der Waals surface area contributed by atoms with Crippen LogP contribution in [0.1, 0.15) is 10.4 Å². The average molecular weight is 228 g/mol. The summed E-state index contributed by atoms with van der Waals surface area (Å²) in [7, 11) is 1.45. The van der Waals surface area contributed by atoms with Crippen molar-refractivity contribution in [3.8, 4) is 22.6 Å². The van der Waals surface area contributed by atoms with Crippen molar-refractivity contribution in [1.82, 2.24) is 0 Å². The number of rotatable bonds is 3. The highest BCUT2D eigenvalue weighted by molar-refractivity contribution is 5.92. The zero-order chi connectivity index (χ0) is 12.3. The minimum Gasteiger partial charge on any atom is -0.504 e. The molecule has 2 aromatic carbocycles. The van der Waals surface area contributed by atoms with E-state index in [2.05, 4.69) is 0 Å². The van der Waals surface area contributed by atoms with E-state index in [1.54, 1.807) is 12.1 Å². The number of hydrogen-bond donors (Lipinski definition) is 1. The SMILES string of the molecule is COc1ccc(-c2ccccc2)c(C=O)c1O. The van der Waals surface area contributed by atoms with Crippen LogP contribution in [0.3, 0.4) is 0 Å². The molecule has 0 aromatic heterocycles. The van der Waals surface area contributed by atoms with Gasteiger partial charge in [0.1, 0.15) is 0 Å². The molecule has 0 spiro atoms. The largest absolute Gasteiger partial charge is 0.504 e. The number of benzene rings is 2. The Balaban J connectivity index is 2.64. The number of methoxy groups -OCH3 is 1. The minimum absolute atomic E-state index is 0.121. The second kappa shape index (κ2) is 4.70. The lowest BCUT2D eigenvalue weighted by Gasteiger charge is -2.10. The summed E-state index contributed by atoms with van der Waals surface area (Å²) in [5, 5.41) is 9.87. The number of carbonyl (C=O) groups is 1. The van der Waals surface area contributed by atoms with Crippen molar-refractivity contribution in [3.05, 3.63) is 48.0 Å². The number of phenolic OH excluding ortho intramolecular Hbond substituents is 1. The van der Waals surface area contributed by atoms with E-state index in [1.807, 2.05) is 30.3 Å². The lowest BCUT2D eigenvalue weighted by Crippen LogP contribution is -1.92. The minimum atomic E-state index is -0.121. The molecule has 0 aliphatic carbocycles. The highest BCUT2D eigenvalue weighted by Crippen LogP contribution is 2.35. The predicted molar refractivity (Wildman–Crippen MR) is 65.5 cm³/mol. The molecular weight excluding hydrogens is 216 g/mol. The fourth-order valence-electron chi connectivity index (χ4n) is 1.74. The molecule has 0 atom stereocenters. The molecule has 3 nitrogen and oxygen atoms in total. The Bertz CT molecular complexity index is 533. The quantitative estimate of drug-likeness (QED) is 0.821. The van der Waals surface area contributed by atoms with Crippen molar-refractivity contribution in [2.24, 2.45) is 0 Å². The molecule has 0 saturated heterocycles. The summed E-state index contributed by atoms with van der Waals surface area (Å²) in [6.07, 6.45) is 0.639. The summed E-state index contributed by atoms with van der Waals surface area (Å²) in [4.78, 5) is 11.1. The maximum Gasteiger partial charge on any atom is 0.169 e. The summed E-state index contributed by atoms with van der Waals surface area (Å²) >= 11 is 0. The molecule has 0 aliphatic rings. The van der Waals surface area contributed by atoms with Crippen LogP contribution in [0.15, 0.2) is 42.5 Å². The van der Waals surface area contributed by atoms with Crippen LogP contribution in [0.25, 0.3) is 11.1 Å². The molecule has 0 aliphatic heterocycles. The van der Waals surface area contributed by atoms with Gasteiger partial charge in [-0.25, -0.2) is 0 Å². The molecule has 2 rings (SSSR count). The van der Waals surface area contributed by atoms with Gasteiger partial charge >= 0.3 is 0 Å². The lowest BCUT2D eigenvalue weighted by molar-refractivity contribution is 0.112. The lowest BCUT2D eigenvalue weighted by atomic mass is 9.99. The van der Waals surface area contributed by atoms with Crippen LogP contribution in [0.2, 0.25) is 0 Å². The number of hydrogen-bond acceptors (Lipinski definition) is 3. The number of aldehydes is 1. The molecule has 0 unspecified atom stereocenters. The van der Waals surface area contributed by atoms with Crippen LogP contribution < -0.4 is 4.74 Å². The molecule has 0 heterocycles. The first-order valence-corrected chi connectivity index (χ1v) is 5.18. The van der Waals surface area contributed by atoms with Gasteiger partial charge in [0.15, 0.2) is 17.8 Å². The van der Waals surface area contributed by atoms with Gasteiger partial charge in [-0.1, -0.05) is 30.3 Å². The number of aromatic hydroxyl groups is 1. The number of ether oxygens (including phenoxy) is 1. The topological polar surface area (TPSA) is 46.5 Å². The first-order chi connectivity index (χ1) is 8.27. The molecule has 0 bridgehead atoms. The Hall–Kier alpha value is -2.29. The number of phenols is 1. The van der Waals surface area contributed by atoms with Crippen molar-refractivity contribution in [1.29, 1.82) is 0 Å². The van der Waals surface area contributed by atoms with Crippen LogP contribution >= 0.6 is 0 Å². The van der Waals surface area contributed by atoms with Crippen LogP contribution in [0.5, 0.6) is 11.5 Å². The van der Waals surface area contributed by atoms with Crippen LogP contribution in [0.4, 0.5) is 0 Å². The van der Waals surface area contributed by atoms with Gasteiger partial charge in [0.25, 0.3) is 0 Å². The summed E-state index contributed by atoms with van der Waals surface area (Å²) in [6, 6.07) is 12.8. The molecule has 0 fully saturated rings. The van der Waals surface area contributed by atoms with E-state index in [4.69, 9.17) is 4.74 Å². The first-order valence-electron chi connectivity index (χ1n) is 5.18.